The molecule has 0 amide bonds. The summed E-state index contributed by atoms with van der Waals surface area (Å²) in [5.74, 6) is 0.508. The highest BCUT2D eigenvalue weighted by Gasteiger charge is 2.27. The lowest BCUT2D eigenvalue weighted by Crippen LogP contribution is -1.95. The van der Waals surface area contributed by atoms with E-state index in [2.05, 4.69) is 80.6 Å². The molecule has 1 unspecified atom stereocenters. The molecule has 0 heterocycles. The standard InChI is InChI=1S/C21H22/c1-3-16(2)14-18-15-21(17-10-6-4-5-7-11-17)20-13-9-8-12-19(18)20/h3-6,8-14,21H,7,15H2,1-2H3/b16-3-,18-14+. The van der Waals surface area contributed by atoms with Crippen LogP contribution in [-0.2, 0) is 0 Å². The van der Waals surface area contributed by atoms with Crippen LogP contribution in [0.25, 0.3) is 5.57 Å². The Labute approximate surface area is 127 Å². The highest BCUT2D eigenvalue weighted by atomic mass is 14.3. The van der Waals surface area contributed by atoms with Crippen LogP contribution in [0.4, 0.5) is 0 Å². The van der Waals surface area contributed by atoms with Gasteiger partial charge < -0.3 is 0 Å². The highest BCUT2D eigenvalue weighted by molar-refractivity contribution is 5.77. The third-order valence-corrected chi connectivity index (χ3v) is 4.39. The van der Waals surface area contributed by atoms with Crippen LogP contribution in [0.1, 0.15) is 43.7 Å². The second-order valence-electron chi connectivity index (χ2n) is 5.77. The van der Waals surface area contributed by atoms with E-state index in [1.54, 1.807) is 0 Å². The fourth-order valence-electron chi connectivity index (χ4n) is 3.18. The fourth-order valence-corrected chi connectivity index (χ4v) is 3.18. The largest absolute Gasteiger partial charge is 0.0847 e. The Morgan fingerprint density at radius 2 is 2.05 bits per heavy atom. The summed E-state index contributed by atoms with van der Waals surface area (Å²) in [5.41, 5.74) is 7.17. The van der Waals surface area contributed by atoms with Crippen molar-refractivity contribution in [3.8, 4) is 0 Å². The normalized spacial score (nSPS) is 23.1. The monoisotopic (exact) mass is 274 g/mol. The molecule has 106 valence electrons. The SMILES string of the molecule is C/C=C(C)\C=C1/CC(C2=CCC=CC=C2)c2ccccc21. The van der Waals surface area contributed by atoms with Gasteiger partial charge >= 0.3 is 0 Å². The van der Waals surface area contributed by atoms with E-state index in [1.807, 2.05) is 0 Å². The average molecular weight is 274 g/mol. The third-order valence-electron chi connectivity index (χ3n) is 4.39. The van der Waals surface area contributed by atoms with Gasteiger partial charge in [-0.05, 0) is 49.0 Å². The summed E-state index contributed by atoms with van der Waals surface area (Å²) in [4.78, 5) is 0. The van der Waals surface area contributed by atoms with Gasteiger partial charge in [-0.15, -0.1) is 0 Å². The number of hydrogen-bond acceptors (Lipinski definition) is 0. The first kappa shape index (κ1) is 13.9. The zero-order chi connectivity index (χ0) is 14.7. The molecule has 3 rings (SSSR count). The molecule has 0 radical (unpaired) electrons. The Morgan fingerprint density at radius 1 is 1.19 bits per heavy atom. The molecule has 0 heteroatoms. The second-order valence-corrected chi connectivity index (χ2v) is 5.77. The van der Waals surface area contributed by atoms with Crippen molar-refractivity contribution >= 4 is 5.57 Å². The van der Waals surface area contributed by atoms with Gasteiger partial charge in [0.2, 0.25) is 0 Å². The Bertz CT molecular complexity index is 678. The molecule has 0 N–H and O–H groups in total. The van der Waals surface area contributed by atoms with Crippen molar-refractivity contribution in [2.24, 2.45) is 0 Å². The van der Waals surface area contributed by atoms with Gasteiger partial charge in [-0.2, -0.15) is 0 Å². The molecule has 0 spiro atoms. The maximum Gasteiger partial charge on any atom is 0.0133 e. The van der Waals surface area contributed by atoms with Crippen LogP contribution in [0.15, 0.2) is 77.9 Å². The van der Waals surface area contributed by atoms with E-state index in [4.69, 9.17) is 0 Å². The van der Waals surface area contributed by atoms with Crippen LogP contribution in [0.2, 0.25) is 0 Å². The van der Waals surface area contributed by atoms with Crippen molar-refractivity contribution in [3.05, 3.63) is 89.1 Å². The predicted octanol–water partition coefficient (Wildman–Crippen LogP) is 5.97. The summed E-state index contributed by atoms with van der Waals surface area (Å²) in [5, 5.41) is 0. The van der Waals surface area contributed by atoms with Crippen LogP contribution < -0.4 is 0 Å². The van der Waals surface area contributed by atoms with Crippen LogP contribution in [-0.4, -0.2) is 0 Å². The predicted molar refractivity (Wildman–Crippen MR) is 92.2 cm³/mol. The van der Waals surface area contributed by atoms with Gasteiger partial charge in [0.05, 0.1) is 0 Å². The van der Waals surface area contributed by atoms with Crippen LogP contribution in [0.3, 0.4) is 0 Å². The van der Waals surface area contributed by atoms with E-state index in [9.17, 15) is 0 Å². The summed E-state index contributed by atoms with van der Waals surface area (Å²) in [7, 11) is 0. The molecule has 1 aromatic carbocycles. The van der Waals surface area contributed by atoms with E-state index in [-0.39, 0.29) is 0 Å². The molecule has 0 fully saturated rings. The van der Waals surface area contributed by atoms with Crippen LogP contribution >= 0.6 is 0 Å². The molecule has 1 aromatic rings. The number of rotatable bonds is 2. The molecule has 0 saturated heterocycles. The van der Waals surface area contributed by atoms with Crippen molar-refractivity contribution in [2.75, 3.05) is 0 Å². The quantitative estimate of drug-likeness (QED) is 0.623. The first-order valence-corrected chi connectivity index (χ1v) is 7.75. The Balaban J connectivity index is 2.02. The molecule has 0 saturated carbocycles. The van der Waals surface area contributed by atoms with Gasteiger partial charge in [0.25, 0.3) is 0 Å². The first-order valence-electron chi connectivity index (χ1n) is 7.75. The maximum absolute atomic E-state index is 2.37. The van der Waals surface area contributed by atoms with E-state index in [1.165, 1.54) is 27.8 Å². The van der Waals surface area contributed by atoms with Gasteiger partial charge in [-0.3, -0.25) is 0 Å². The Morgan fingerprint density at radius 3 is 2.90 bits per heavy atom. The Kier molecular flexibility index (Phi) is 4.06. The molecule has 1 atom stereocenters. The van der Waals surface area contributed by atoms with E-state index in [0.29, 0.717) is 5.92 Å². The number of hydrogen-bond donors (Lipinski definition) is 0. The molecular weight excluding hydrogens is 252 g/mol. The summed E-state index contributed by atoms with van der Waals surface area (Å²) in [6.07, 6.45) is 17.8. The maximum atomic E-state index is 2.37. The molecule has 0 aliphatic heterocycles. The summed E-state index contributed by atoms with van der Waals surface area (Å²) < 4.78 is 0. The molecule has 21 heavy (non-hydrogen) atoms. The van der Waals surface area contributed by atoms with Gasteiger partial charge in [-0.1, -0.05) is 72.4 Å². The second kappa shape index (κ2) is 6.13. The lowest BCUT2D eigenvalue weighted by atomic mass is 9.92. The molecule has 0 aromatic heterocycles. The fraction of sp³-hybridized carbons (Fsp3) is 0.238. The van der Waals surface area contributed by atoms with Gasteiger partial charge in [0.15, 0.2) is 0 Å². The van der Waals surface area contributed by atoms with Gasteiger partial charge in [-0.25, -0.2) is 0 Å². The summed E-state index contributed by atoms with van der Waals surface area (Å²) >= 11 is 0. The van der Waals surface area contributed by atoms with E-state index < -0.39 is 0 Å². The zero-order valence-electron chi connectivity index (χ0n) is 12.8. The highest BCUT2D eigenvalue weighted by Crippen LogP contribution is 2.45. The molecular formula is C21H22. The minimum absolute atomic E-state index is 0.508. The molecule has 2 aliphatic rings. The Hall–Kier alpha value is -2.08. The van der Waals surface area contributed by atoms with Crippen LogP contribution in [0, 0.1) is 0 Å². The van der Waals surface area contributed by atoms with Crippen molar-refractivity contribution in [1.82, 2.24) is 0 Å². The van der Waals surface area contributed by atoms with Crippen molar-refractivity contribution in [3.63, 3.8) is 0 Å². The van der Waals surface area contributed by atoms with Gasteiger partial charge in [0, 0.05) is 5.92 Å². The lowest BCUT2D eigenvalue weighted by molar-refractivity contribution is 0.875. The molecule has 2 aliphatic carbocycles. The van der Waals surface area contributed by atoms with Crippen molar-refractivity contribution in [2.45, 2.75) is 32.6 Å². The van der Waals surface area contributed by atoms with Crippen molar-refractivity contribution in [1.29, 1.82) is 0 Å². The molecule has 0 nitrogen and oxygen atoms in total. The first-order chi connectivity index (χ1) is 10.3. The lowest BCUT2D eigenvalue weighted by Gasteiger charge is -2.12. The van der Waals surface area contributed by atoms with Crippen LogP contribution in [0.5, 0.6) is 0 Å². The number of fused-ring (bicyclic) bond motifs is 1. The zero-order valence-corrected chi connectivity index (χ0v) is 12.8. The van der Waals surface area contributed by atoms with Gasteiger partial charge in [0.1, 0.15) is 0 Å². The van der Waals surface area contributed by atoms with Crippen molar-refractivity contribution < 1.29 is 0 Å². The minimum atomic E-state index is 0.508. The number of allylic oxidation sites excluding steroid dienone is 10. The third kappa shape index (κ3) is 2.85. The smallest absolute Gasteiger partial charge is 0.0133 e. The topological polar surface area (TPSA) is 0 Å². The minimum Gasteiger partial charge on any atom is -0.0847 e. The van der Waals surface area contributed by atoms with E-state index in [0.717, 1.165) is 12.8 Å². The summed E-state index contributed by atoms with van der Waals surface area (Å²) in [6.45, 7) is 4.28. The molecule has 0 bridgehead atoms. The van der Waals surface area contributed by atoms with E-state index >= 15 is 0 Å². The number of benzene rings is 1. The summed E-state index contributed by atoms with van der Waals surface area (Å²) in [6, 6.07) is 8.87. The average Bonchev–Trinajstić information content (AvgIpc) is 2.70.